The van der Waals surface area contributed by atoms with E-state index in [-0.39, 0.29) is 17.6 Å². The third kappa shape index (κ3) is 5.53. The van der Waals surface area contributed by atoms with Gasteiger partial charge >= 0.3 is 0 Å². The molecular weight excluding hydrogens is 342 g/mol. The van der Waals surface area contributed by atoms with E-state index in [1.807, 2.05) is 23.0 Å². The van der Waals surface area contributed by atoms with Crippen molar-refractivity contribution in [3.8, 4) is 5.75 Å². The van der Waals surface area contributed by atoms with Crippen LogP contribution < -0.4 is 10.1 Å². The summed E-state index contributed by atoms with van der Waals surface area (Å²) >= 11 is 0. The molecule has 1 saturated heterocycles. The van der Waals surface area contributed by atoms with E-state index in [4.69, 9.17) is 4.74 Å². The van der Waals surface area contributed by atoms with Gasteiger partial charge in [-0.25, -0.2) is 0 Å². The minimum atomic E-state index is -0.0654. The molecule has 7 heteroatoms. The maximum atomic E-state index is 11.0. The van der Waals surface area contributed by atoms with E-state index in [1.165, 1.54) is 12.5 Å². The van der Waals surface area contributed by atoms with E-state index in [2.05, 4.69) is 47.3 Å². The predicted octanol–water partition coefficient (Wildman–Crippen LogP) is 2.32. The Morgan fingerprint density at radius 1 is 1.41 bits per heavy atom. The maximum absolute atomic E-state index is 11.0. The van der Waals surface area contributed by atoms with Crippen LogP contribution in [0, 0.1) is 0 Å². The molecule has 1 unspecified atom stereocenters. The highest BCUT2D eigenvalue weighted by atomic mass is 16.5. The molecule has 1 aliphatic heterocycles. The van der Waals surface area contributed by atoms with Crippen LogP contribution in [-0.2, 0) is 23.4 Å². The summed E-state index contributed by atoms with van der Waals surface area (Å²) in [5.41, 5.74) is 2.03. The fourth-order valence-corrected chi connectivity index (χ4v) is 3.14. The zero-order chi connectivity index (χ0) is 19.4. The number of aromatic nitrogens is 3. The van der Waals surface area contributed by atoms with Crippen molar-refractivity contribution < 1.29 is 9.53 Å². The molecule has 3 heterocycles. The van der Waals surface area contributed by atoms with Crippen molar-refractivity contribution in [2.45, 2.75) is 58.8 Å². The highest BCUT2D eigenvalue weighted by Gasteiger charge is 2.25. The van der Waals surface area contributed by atoms with E-state index < -0.39 is 0 Å². The number of hydrogen-bond acceptors (Lipinski definition) is 5. The third-order valence-electron chi connectivity index (χ3n) is 4.57. The fourth-order valence-electron chi connectivity index (χ4n) is 3.14. The molecule has 1 amide bonds. The summed E-state index contributed by atoms with van der Waals surface area (Å²) in [7, 11) is 0. The van der Waals surface area contributed by atoms with Gasteiger partial charge in [-0.15, -0.1) is 0 Å². The van der Waals surface area contributed by atoms with Crippen molar-refractivity contribution in [3.63, 3.8) is 0 Å². The van der Waals surface area contributed by atoms with Crippen molar-refractivity contribution in [2.24, 2.45) is 0 Å². The molecule has 0 saturated carbocycles. The van der Waals surface area contributed by atoms with Crippen LogP contribution >= 0.6 is 0 Å². The van der Waals surface area contributed by atoms with Crippen LogP contribution in [0.1, 0.15) is 45.4 Å². The summed E-state index contributed by atoms with van der Waals surface area (Å²) in [5, 5.41) is 7.23. The first-order valence-corrected chi connectivity index (χ1v) is 9.42. The molecule has 1 fully saturated rings. The molecule has 1 N–H and O–H groups in total. The van der Waals surface area contributed by atoms with Gasteiger partial charge < -0.3 is 10.1 Å². The quantitative estimate of drug-likeness (QED) is 0.844. The van der Waals surface area contributed by atoms with Gasteiger partial charge in [-0.05, 0) is 33.3 Å². The lowest BCUT2D eigenvalue weighted by atomic mass is 10.1. The normalized spacial score (nSPS) is 17.9. The number of rotatable bonds is 6. The monoisotopic (exact) mass is 371 g/mol. The first-order chi connectivity index (χ1) is 12.8. The van der Waals surface area contributed by atoms with Crippen LogP contribution in [0.15, 0.2) is 30.7 Å². The Bertz CT molecular complexity index is 781. The molecule has 27 heavy (non-hydrogen) atoms. The SMILES string of the molecule is CC(=O)NCc1cc(OC2CCN(Cc3cnn(C(C)(C)C)c3)C2)ccn1. The van der Waals surface area contributed by atoms with E-state index in [0.29, 0.717) is 6.54 Å². The summed E-state index contributed by atoms with van der Waals surface area (Å²) in [6.45, 7) is 11.2. The lowest BCUT2D eigenvalue weighted by Crippen LogP contribution is -2.25. The van der Waals surface area contributed by atoms with Gasteiger partial charge in [0, 0.05) is 50.6 Å². The van der Waals surface area contributed by atoms with Crippen LogP contribution in [0.5, 0.6) is 5.75 Å². The Morgan fingerprint density at radius 3 is 2.93 bits per heavy atom. The van der Waals surface area contributed by atoms with Crippen LogP contribution in [0.3, 0.4) is 0 Å². The Kier molecular flexibility index (Phi) is 5.79. The molecule has 7 nitrogen and oxygen atoms in total. The lowest BCUT2D eigenvalue weighted by Gasteiger charge is -2.19. The molecule has 0 bridgehead atoms. The van der Waals surface area contributed by atoms with Gasteiger partial charge in [0.1, 0.15) is 11.9 Å². The molecule has 0 radical (unpaired) electrons. The maximum Gasteiger partial charge on any atom is 0.217 e. The average Bonchev–Trinajstić information content (AvgIpc) is 3.23. The number of carbonyl (C=O) groups excluding carboxylic acids is 1. The predicted molar refractivity (Wildman–Crippen MR) is 103 cm³/mol. The van der Waals surface area contributed by atoms with Crippen LogP contribution in [0.25, 0.3) is 0 Å². The van der Waals surface area contributed by atoms with Gasteiger partial charge in [-0.3, -0.25) is 19.4 Å². The fraction of sp³-hybridized carbons (Fsp3) is 0.550. The molecule has 2 aromatic heterocycles. The summed E-state index contributed by atoms with van der Waals surface area (Å²) in [5.74, 6) is 0.738. The largest absolute Gasteiger partial charge is 0.489 e. The number of likely N-dealkylation sites (tertiary alicyclic amines) is 1. The third-order valence-corrected chi connectivity index (χ3v) is 4.57. The van der Waals surface area contributed by atoms with Crippen LogP contribution in [0.2, 0.25) is 0 Å². The Hall–Kier alpha value is -2.41. The van der Waals surface area contributed by atoms with Crippen LogP contribution in [0.4, 0.5) is 0 Å². The Morgan fingerprint density at radius 2 is 2.22 bits per heavy atom. The van der Waals surface area contributed by atoms with Gasteiger partial charge in [0.2, 0.25) is 5.91 Å². The van der Waals surface area contributed by atoms with Gasteiger partial charge in [0.15, 0.2) is 0 Å². The number of hydrogen-bond donors (Lipinski definition) is 1. The smallest absolute Gasteiger partial charge is 0.217 e. The van der Waals surface area contributed by atoms with Crippen molar-refractivity contribution >= 4 is 5.91 Å². The lowest BCUT2D eigenvalue weighted by molar-refractivity contribution is -0.119. The number of carbonyl (C=O) groups is 1. The number of pyridine rings is 1. The Labute approximate surface area is 160 Å². The van der Waals surface area contributed by atoms with Crippen LogP contribution in [-0.4, -0.2) is 44.8 Å². The second-order valence-electron chi connectivity index (χ2n) is 8.12. The average molecular weight is 371 g/mol. The summed E-state index contributed by atoms with van der Waals surface area (Å²) < 4.78 is 8.15. The molecule has 0 aromatic carbocycles. The number of nitrogens with one attached hydrogen (secondary N) is 1. The number of ether oxygens (including phenoxy) is 1. The standard InChI is InChI=1S/C20H29N5O2/c1-15(26)22-11-17-9-18(5-7-21-17)27-19-6-8-24(14-19)12-16-10-23-25(13-16)20(2,3)4/h5,7,9-10,13,19H,6,8,11-12,14H2,1-4H3,(H,22,26). The zero-order valence-corrected chi connectivity index (χ0v) is 16.6. The van der Waals surface area contributed by atoms with Gasteiger partial charge in [-0.2, -0.15) is 5.10 Å². The van der Waals surface area contributed by atoms with Crippen molar-refractivity contribution in [1.29, 1.82) is 0 Å². The molecule has 1 atom stereocenters. The van der Waals surface area contributed by atoms with Gasteiger partial charge in [0.25, 0.3) is 0 Å². The molecule has 2 aromatic rings. The number of amides is 1. The molecule has 0 spiro atoms. The van der Waals surface area contributed by atoms with Gasteiger partial charge in [-0.1, -0.05) is 0 Å². The molecule has 1 aliphatic rings. The van der Waals surface area contributed by atoms with Crippen molar-refractivity contribution in [3.05, 3.63) is 42.0 Å². The van der Waals surface area contributed by atoms with Gasteiger partial charge in [0.05, 0.1) is 24.0 Å². The van der Waals surface area contributed by atoms with E-state index >= 15 is 0 Å². The first-order valence-electron chi connectivity index (χ1n) is 9.42. The topological polar surface area (TPSA) is 72.3 Å². The second-order valence-corrected chi connectivity index (χ2v) is 8.12. The second kappa shape index (κ2) is 8.08. The summed E-state index contributed by atoms with van der Waals surface area (Å²) in [4.78, 5) is 17.7. The number of nitrogens with zero attached hydrogens (tertiary/aromatic N) is 4. The van der Waals surface area contributed by atoms with Crippen molar-refractivity contribution in [2.75, 3.05) is 13.1 Å². The van der Waals surface area contributed by atoms with E-state index in [1.54, 1.807) is 6.20 Å². The molecular formula is C20H29N5O2. The first kappa shape index (κ1) is 19.4. The summed E-state index contributed by atoms with van der Waals surface area (Å²) in [6, 6.07) is 3.76. The Balaban J connectivity index is 1.52. The van der Waals surface area contributed by atoms with E-state index in [0.717, 1.165) is 37.5 Å². The highest BCUT2D eigenvalue weighted by molar-refractivity contribution is 5.72. The highest BCUT2D eigenvalue weighted by Crippen LogP contribution is 2.21. The molecule has 146 valence electrons. The minimum Gasteiger partial charge on any atom is -0.489 e. The summed E-state index contributed by atoms with van der Waals surface area (Å²) in [6.07, 6.45) is 6.97. The van der Waals surface area contributed by atoms with E-state index in [9.17, 15) is 4.79 Å². The van der Waals surface area contributed by atoms with Crippen molar-refractivity contribution in [1.82, 2.24) is 25.0 Å². The molecule has 0 aliphatic carbocycles. The molecule has 3 rings (SSSR count). The zero-order valence-electron chi connectivity index (χ0n) is 16.6. The minimum absolute atomic E-state index is 0.00516.